The first-order valence-electron chi connectivity index (χ1n) is 3.97. The van der Waals surface area contributed by atoms with Gasteiger partial charge in [0.15, 0.2) is 5.79 Å². The normalized spacial score (nSPS) is 39.6. The van der Waals surface area contributed by atoms with E-state index in [-0.39, 0.29) is 5.92 Å². The molecule has 0 aromatic carbocycles. The van der Waals surface area contributed by atoms with Crippen molar-refractivity contribution in [3.05, 3.63) is 0 Å². The van der Waals surface area contributed by atoms with Crippen LogP contribution in [0.2, 0.25) is 0 Å². The van der Waals surface area contributed by atoms with Crippen LogP contribution in [0.5, 0.6) is 0 Å². The van der Waals surface area contributed by atoms with Gasteiger partial charge in [0.2, 0.25) is 0 Å². The predicted octanol–water partition coefficient (Wildman–Crippen LogP) is 1.12. The fourth-order valence-corrected chi connectivity index (χ4v) is 1.58. The van der Waals surface area contributed by atoms with Crippen molar-refractivity contribution >= 4 is 0 Å². The lowest BCUT2D eigenvalue weighted by atomic mass is 9.79. The molecule has 0 spiro atoms. The molecule has 1 aliphatic rings. The Morgan fingerprint density at radius 2 is 1.80 bits per heavy atom. The molecule has 1 saturated carbocycles. The van der Waals surface area contributed by atoms with Crippen LogP contribution in [0.15, 0.2) is 0 Å². The molecule has 2 nitrogen and oxygen atoms in total. The Balaban J connectivity index is 2.55. The molecule has 0 aliphatic heterocycles. The van der Waals surface area contributed by atoms with E-state index in [1.807, 2.05) is 6.92 Å². The van der Waals surface area contributed by atoms with Crippen molar-refractivity contribution in [2.75, 3.05) is 0 Å². The van der Waals surface area contributed by atoms with E-state index in [4.69, 9.17) is 0 Å². The van der Waals surface area contributed by atoms with E-state index in [9.17, 15) is 10.2 Å². The Labute approximate surface area is 61.9 Å². The second-order valence-corrected chi connectivity index (χ2v) is 3.67. The second-order valence-electron chi connectivity index (χ2n) is 3.67. The largest absolute Gasteiger partial charge is 0.365 e. The number of hydrogen-bond donors (Lipinski definition) is 2. The van der Waals surface area contributed by atoms with Gasteiger partial charge in [-0.25, -0.2) is 0 Å². The minimum absolute atomic E-state index is 0.0451. The van der Waals surface area contributed by atoms with Crippen LogP contribution in [0.1, 0.15) is 33.1 Å². The zero-order valence-electron chi connectivity index (χ0n) is 6.67. The van der Waals surface area contributed by atoms with Crippen LogP contribution in [0.3, 0.4) is 0 Å². The molecule has 1 rings (SSSR count). The molecule has 0 aromatic rings. The standard InChI is InChI=1S/C8H16O2/c1-6-3-4-7(2)8(9,10)5-6/h6-7,9-10H,3-5H2,1-2H3. The SMILES string of the molecule is CC1CCC(C)C(O)(O)C1. The van der Waals surface area contributed by atoms with Gasteiger partial charge >= 0.3 is 0 Å². The lowest BCUT2D eigenvalue weighted by Gasteiger charge is -2.36. The smallest absolute Gasteiger partial charge is 0.165 e. The maximum atomic E-state index is 9.37. The number of aliphatic hydroxyl groups is 2. The van der Waals surface area contributed by atoms with Crippen molar-refractivity contribution in [2.24, 2.45) is 11.8 Å². The number of hydrogen-bond acceptors (Lipinski definition) is 2. The van der Waals surface area contributed by atoms with Crippen molar-refractivity contribution in [2.45, 2.75) is 38.9 Å². The highest BCUT2D eigenvalue weighted by Gasteiger charge is 2.36. The Kier molecular flexibility index (Phi) is 2.02. The van der Waals surface area contributed by atoms with E-state index in [2.05, 4.69) is 6.92 Å². The van der Waals surface area contributed by atoms with Crippen LogP contribution in [0.25, 0.3) is 0 Å². The van der Waals surface area contributed by atoms with E-state index in [1.165, 1.54) is 0 Å². The third-order valence-electron chi connectivity index (χ3n) is 2.53. The molecule has 0 aromatic heterocycles. The molecule has 1 aliphatic carbocycles. The molecule has 10 heavy (non-hydrogen) atoms. The Hall–Kier alpha value is -0.0800. The molecule has 2 N–H and O–H groups in total. The molecule has 2 unspecified atom stereocenters. The van der Waals surface area contributed by atoms with Crippen molar-refractivity contribution < 1.29 is 10.2 Å². The summed E-state index contributed by atoms with van der Waals surface area (Å²) in [6.07, 6.45) is 2.60. The van der Waals surface area contributed by atoms with E-state index < -0.39 is 5.79 Å². The summed E-state index contributed by atoms with van der Waals surface area (Å²) in [6, 6.07) is 0. The topological polar surface area (TPSA) is 40.5 Å². The molecule has 0 bridgehead atoms. The summed E-state index contributed by atoms with van der Waals surface area (Å²) in [6.45, 7) is 3.96. The average molecular weight is 144 g/mol. The van der Waals surface area contributed by atoms with Crippen LogP contribution in [-0.2, 0) is 0 Å². The summed E-state index contributed by atoms with van der Waals surface area (Å²) >= 11 is 0. The summed E-state index contributed by atoms with van der Waals surface area (Å²) in [7, 11) is 0. The van der Waals surface area contributed by atoms with Crippen molar-refractivity contribution in [3.8, 4) is 0 Å². The molecule has 0 saturated heterocycles. The summed E-state index contributed by atoms with van der Waals surface area (Å²) in [5.41, 5.74) is 0. The lowest BCUT2D eigenvalue weighted by molar-refractivity contribution is -0.220. The van der Waals surface area contributed by atoms with E-state index in [1.54, 1.807) is 0 Å². The summed E-state index contributed by atoms with van der Waals surface area (Å²) in [5, 5.41) is 18.7. The summed E-state index contributed by atoms with van der Waals surface area (Å²) < 4.78 is 0. The molecule has 1 fully saturated rings. The zero-order chi connectivity index (χ0) is 7.78. The minimum Gasteiger partial charge on any atom is -0.365 e. The summed E-state index contributed by atoms with van der Waals surface area (Å²) in [4.78, 5) is 0. The van der Waals surface area contributed by atoms with Gasteiger partial charge < -0.3 is 10.2 Å². The monoisotopic (exact) mass is 144 g/mol. The van der Waals surface area contributed by atoms with Gasteiger partial charge in [0.05, 0.1) is 0 Å². The first-order chi connectivity index (χ1) is 4.52. The van der Waals surface area contributed by atoms with E-state index in [0.717, 1.165) is 12.8 Å². The van der Waals surface area contributed by atoms with Crippen molar-refractivity contribution in [1.82, 2.24) is 0 Å². The van der Waals surface area contributed by atoms with Crippen LogP contribution in [0.4, 0.5) is 0 Å². The first kappa shape index (κ1) is 8.02. The van der Waals surface area contributed by atoms with Gasteiger partial charge in [0, 0.05) is 12.3 Å². The highest BCUT2D eigenvalue weighted by atomic mass is 16.5. The van der Waals surface area contributed by atoms with Crippen LogP contribution in [-0.4, -0.2) is 16.0 Å². The van der Waals surface area contributed by atoms with Gasteiger partial charge in [0.1, 0.15) is 0 Å². The molecule has 0 heterocycles. The highest BCUT2D eigenvalue weighted by molar-refractivity contribution is 4.80. The fraction of sp³-hybridized carbons (Fsp3) is 1.00. The van der Waals surface area contributed by atoms with Gasteiger partial charge in [-0.2, -0.15) is 0 Å². The molecular formula is C8H16O2. The van der Waals surface area contributed by atoms with Crippen LogP contribution in [0, 0.1) is 11.8 Å². The lowest BCUT2D eigenvalue weighted by Crippen LogP contribution is -2.41. The highest BCUT2D eigenvalue weighted by Crippen LogP contribution is 2.34. The minimum atomic E-state index is -1.39. The number of rotatable bonds is 0. The molecule has 0 amide bonds. The molecular weight excluding hydrogens is 128 g/mol. The fourth-order valence-electron chi connectivity index (χ4n) is 1.58. The molecule has 2 heteroatoms. The Morgan fingerprint density at radius 1 is 1.20 bits per heavy atom. The third-order valence-corrected chi connectivity index (χ3v) is 2.53. The maximum Gasteiger partial charge on any atom is 0.165 e. The van der Waals surface area contributed by atoms with Gasteiger partial charge in [-0.1, -0.05) is 20.3 Å². The summed E-state index contributed by atoms with van der Waals surface area (Å²) in [5.74, 6) is -0.882. The first-order valence-corrected chi connectivity index (χ1v) is 3.97. The van der Waals surface area contributed by atoms with Crippen molar-refractivity contribution in [3.63, 3.8) is 0 Å². The van der Waals surface area contributed by atoms with Crippen molar-refractivity contribution in [1.29, 1.82) is 0 Å². The zero-order valence-corrected chi connectivity index (χ0v) is 6.67. The quantitative estimate of drug-likeness (QED) is 0.500. The predicted molar refractivity (Wildman–Crippen MR) is 39.3 cm³/mol. The molecule has 60 valence electrons. The van der Waals surface area contributed by atoms with E-state index in [0.29, 0.717) is 12.3 Å². The second kappa shape index (κ2) is 2.51. The van der Waals surface area contributed by atoms with E-state index >= 15 is 0 Å². The molecule has 2 atom stereocenters. The Morgan fingerprint density at radius 3 is 2.20 bits per heavy atom. The third kappa shape index (κ3) is 1.50. The van der Waals surface area contributed by atoms with Crippen LogP contribution >= 0.6 is 0 Å². The van der Waals surface area contributed by atoms with Crippen LogP contribution < -0.4 is 0 Å². The Bertz CT molecular complexity index is 120. The van der Waals surface area contributed by atoms with Gasteiger partial charge in [-0.3, -0.25) is 0 Å². The van der Waals surface area contributed by atoms with Gasteiger partial charge in [-0.05, 0) is 12.3 Å². The van der Waals surface area contributed by atoms with Gasteiger partial charge in [-0.15, -0.1) is 0 Å². The molecule has 0 radical (unpaired) electrons. The maximum absolute atomic E-state index is 9.37. The average Bonchev–Trinajstić information content (AvgIpc) is 1.78. The van der Waals surface area contributed by atoms with Gasteiger partial charge in [0.25, 0.3) is 0 Å².